The van der Waals surface area contributed by atoms with Crippen molar-refractivity contribution in [2.75, 3.05) is 7.11 Å². The van der Waals surface area contributed by atoms with Gasteiger partial charge in [0.25, 0.3) is 0 Å². The van der Waals surface area contributed by atoms with Crippen LogP contribution in [0, 0.1) is 0 Å². The van der Waals surface area contributed by atoms with E-state index >= 15 is 0 Å². The number of hydrogen-bond acceptors (Lipinski definition) is 2. The van der Waals surface area contributed by atoms with Gasteiger partial charge in [-0.2, -0.15) is 0 Å². The monoisotopic (exact) mass is 221 g/mol. The average Bonchev–Trinajstić information content (AvgIpc) is 2.33. The predicted molar refractivity (Wildman–Crippen MR) is 73.7 cm³/mol. The fourth-order valence-electron chi connectivity index (χ4n) is 0.821. The second kappa shape index (κ2) is 11.5. The largest absolute Gasteiger partial charge is 0.481 e. The summed E-state index contributed by atoms with van der Waals surface area (Å²) >= 11 is 0. The van der Waals surface area contributed by atoms with Crippen molar-refractivity contribution in [1.29, 1.82) is 0 Å². The second-order valence-electron chi connectivity index (χ2n) is 2.80. The number of nitrogens with zero attached hydrogens (tertiary/aromatic N) is 1. The highest BCUT2D eigenvalue weighted by Crippen LogP contribution is 2.09. The molecule has 2 heteroatoms. The van der Waals surface area contributed by atoms with E-state index in [4.69, 9.17) is 4.74 Å². The zero-order valence-electron chi connectivity index (χ0n) is 11.1. The summed E-state index contributed by atoms with van der Waals surface area (Å²) in [5, 5.41) is 0. The Morgan fingerprint density at radius 2 is 1.56 bits per heavy atom. The van der Waals surface area contributed by atoms with E-state index in [9.17, 15) is 0 Å². The molecule has 0 radical (unpaired) electrons. The van der Waals surface area contributed by atoms with Gasteiger partial charge in [0.15, 0.2) is 0 Å². The Bertz CT molecular complexity index is 296. The lowest BCUT2D eigenvalue weighted by atomic mass is 10.1. The van der Waals surface area contributed by atoms with Gasteiger partial charge < -0.3 is 4.74 Å². The van der Waals surface area contributed by atoms with E-state index in [0.29, 0.717) is 5.88 Å². The van der Waals surface area contributed by atoms with E-state index < -0.39 is 0 Å². The molecule has 0 rings (SSSR count). The fraction of sp³-hybridized carbons (Fsp3) is 0.357. The normalized spacial score (nSPS) is 12.4. The van der Waals surface area contributed by atoms with E-state index in [2.05, 4.69) is 18.3 Å². The van der Waals surface area contributed by atoms with Gasteiger partial charge in [-0.3, -0.25) is 0 Å². The number of aliphatic imine (C=N–C) groups is 1. The van der Waals surface area contributed by atoms with Crippen LogP contribution in [0.2, 0.25) is 0 Å². The van der Waals surface area contributed by atoms with Crippen LogP contribution in [-0.2, 0) is 4.74 Å². The van der Waals surface area contributed by atoms with Gasteiger partial charge in [0.05, 0.1) is 7.11 Å². The van der Waals surface area contributed by atoms with Gasteiger partial charge in [-0.15, -0.1) is 0 Å². The van der Waals surface area contributed by atoms with Crippen LogP contribution in [0.25, 0.3) is 0 Å². The summed E-state index contributed by atoms with van der Waals surface area (Å²) in [6.45, 7) is 15.1. The quantitative estimate of drug-likeness (QED) is 0.386. The highest BCUT2D eigenvalue weighted by atomic mass is 16.5. The molecule has 0 spiro atoms. The predicted octanol–water partition coefficient (Wildman–Crippen LogP) is 4.28. The summed E-state index contributed by atoms with van der Waals surface area (Å²) in [6, 6.07) is 0. The fourth-order valence-corrected chi connectivity index (χ4v) is 0.821. The second-order valence-corrected chi connectivity index (χ2v) is 2.80. The Kier molecular flexibility index (Phi) is 12.1. The summed E-state index contributed by atoms with van der Waals surface area (Å²) in [5.74, 6) is 0.510. The van der Waals surface area contributed by atoms with Crippen LogP contribution >= 0.6 is 0 Å². The minimum atomic E-state index is 0.510. The van der Waals surface area contributed by atoms with Crippen molar-refractivity contribution in [1.82, 2.24) is 0 Å². The first-order valence-electron chi connectivity index (χ1n) is 5.34. The van der Waals surface area contributed by atoms with Crippen LogP contribution < -0.4 is 0 Å². The Morgan fingerprint density at radius 1 is 1.06 bits per heavy atom. The van der Waals surface area contributed by atoms with Crippen molar-refractivity contribution in [3.8, 4) is 0 Å². The van der Waals surface area contributed by atoms with Crippen LogP contribution in [-0.4, -0.2) is 13.8 Å². The Hall–Kier alpha value is -1.57. The smallest absolute Gasteiger partial charge is 0.212 e. The molecule has 0 aliphatic carbocycles. The topological polar surface area (TPSA) is 21.6 Å². The third-order valence-electron chi connectivity index (χ3n) is 1.83. The van der Waals surface area contributed by atoms with Crippen LogP contribution in [0.5, 0.6) is 0 Å². The number of rotatable bonds is 5. The highest BCUT2D eigenvalue weighted by Gasteiger charge is 1.91. The lowest BCUT2D eigenvalue weighted by molar-refractivity contribution is 0.289. The van der Waals surface area contributed by atoms with Gasteiger partial charge in [0, 0.05) is 6.08 Å². The number of hydrogen-bond donors (Lipinski definition) is 0. The van der Waals surface area contributed by atoms with Crippen molar-refractivity contribution in [2.24, 2.45) is 4.99 Å². The number of methoxy groups -OCH3 is 1. The van der Waals surface area contributed by atoms with Crippen LogP contribution in [0.1, 0.15) is 27.7 Å². The summed E-state index contributed by atoms with van der Waals surface area (Å²) in [6.07, 6.45) is 7.43. The summed E-state index contributed by atoms with van der Waals surface area (Å²) < 4.78 is 4.94. The molecule has 0 amide bonds. The third kappa shape index (κ3) is 7.80. The van der Waals surface area contributed by atoms with Crippen LogP contribution in [0.15, 0.2) is 52.9 Å². The summed E-state index contributed by atoms with van der Waals surface area (Å²) in [7, 11) is 1.57. The first-order valence-corrected chi connectivity index (χ1v) is 5.34. The molecule has 90 valence electrons. The zero-order valence-corrected chi connectivity index (χ0v) is 11.1. The molecule has 0 saturated heterocycles. The van der Waals surface area contributed by atoms with E-state index in [-0.39, 0.29) is 0 Å². The zero-order chi connectivity index (χ0) is 13.0. The molecular formula is C14H23NO. The Morgan fingerprint density at radius 3 is 1.94 bits per heavy atom. The molecule has 0 saturated carbocycles. The molecular weight excluding hydrogens is 198 g/mol. The molecule has 0 aliphatic rings. The molecule has 0 heterocycles. The molecule has 2 nitrogen and oxygen atoms in total. The van der Waals surface area contributed by atoms with Gasteiger partial charge in [-0.1, -0.05) is 38.7 Å². The molecule has 0 atom stereocenters. The minimum Gasteiger partial charge on any atom is -0.481 e. The number of ether oxygens (including phenoxy) is 1. The molecule has 0 bridgehead atoms. The van der Waals surface area contributed by atoms with E-state index in [1.165, 1.54) is 0 Å². The number of allylic oxidation sites excluding steroid dienone is 6. The standard InChI is InChI=1S/C12H17NO.C2H6/c1-6-7-10(2)11(3)8-9-12(13-4)14-5;1-2/h6-9H,1,4H2,2-3,5H3;1-2H3/b10-7+,11-8+,12-9-;. The van der Waals surface area contributed by atoms with Crippen molar-refractivity contribution < 1.29 is 4.74 Å². The minimum absolute atomic E-state index is 0.510. The molecule has 0 aromatic heterocycles. The lowest BCUT2D eigenvalue weighted by Gasteiger charge is -1.99. The van der Waals surface area contributed by atoms with Crippen molar-refractivity contribution in [3.05, 3.63) is 47.9 Å². The summed E-state index contributed by atoms with van der Waals surface area (Å²) in [4.78, 5) is 3.69. The lowest BCUT2D eigenvalue weighted by Crippen LogP contribution is -1.81. The van der Waals surface area contributed by atoms with Crippen molar-refractivity contribution in [2.45, 2.75) is 27.7 Å². The molecule has 0 N–H and O–H groups in total. The van der Waals surface area contributed by atoms with Crippen LogP contribution in [0.4, 0.5) is 0 Å². The van der Waals surface area contributed by atoms with Crippen LogP contribution in [0.3, 0.4) is 0 Å². The molecule has 0 aliphatic heterocycles. The first kappa shape index (κ1) is 16.8. The molecule has 0 aromatic rings. The Labute approximate surface area is 99.7 Å². The first-order chi connectivity index (χ1) is 7.65. The molecule has 0 unspecified atom stereocenters. The van der Waals surface area contributed by atoms with Gasteiger partial charge in [-0.25, -0.2) is 4.99 Å². The maximum atomic E-state index is 4.94. The third-order valence-corrected chi connectivity index (χ3v) is 1.83. The van der Waals surface area contributed by atoms with E-state index in [1.807, 2.05) is 39.8 Å². The molecule has 0 aromatic carbocycles. The van der Waals surface area contributed by atoms with Crippen molar-refractivity contribution >= 4 is 6.72 Å². The van der Waals surface area contributed by atoms with Gasteiger partial charge in [-0.05, 0) is 31.7 Å². The average molecular weight is 221 g/mol. The van der Waals surface area contributed by atoms with Gasteiger partial charge in [0.2, 0.25) is 5.88 Å². The van der Waals surface area contributed by atoms with E-state index in [0.717, 1.165) is 11.1 Å². The Balaban J connectivity index is 0. The van der Waals surface area contributed by atoms with Crippen molar-refractivity contribution in [3.63, 3.8) is 0 Å². The summed E-state index contributed by atoms with van der Waals surface area (Å²) in [5.41, 5.74) is 2.30. The van der Waals surface area contributed by atoms with Gasteiger partial charge >= 0.3 is 0 Å². The molecule has 16 heavy (non-hydrogen) atoms. The maximum Gasteiger partial charge on any atom is 0.212 e. The maximum absolute atomic E-state index is 4.94. The van der Waals surface area contributed by atoms with E-state index in [1.54, 1.807) is 19.3 Å². The SMILES string of the molecule is C=C/C=C(C)/C(C)=C/C=C(/N=C)OC.CC. The highest BCUT2D eigenvalue weighted by molar-refractivity contribution is 5.34. The molecule has 0 fully saturated rings. The van der Waals surface area contributed by atoms with Gasteiger partial charge in [0.1, 0.15) is 0 Å².